The fourth-order valence-corrected chi connectivity index (χ4v) is 7.61. The topological polar surface area (TPSA) is 0 Å². The summed E-state index contributed by atoms with van der Waals surface area (Å²) in [6, 6.07) is 26.9. The van der Waals surface area contributed by atoms with E-state index in [0.29, 0.717) is 5.66 Å². The van der Waals surface area contributed by atoms with Crippen molar-refractivity contribution in [3.05, 3.63) is 105 Å². The molecule has 0 nitrogen and oxygen atoms in total. The monoisotopic (exact) mass is 464 g/mol. The molecule has 0 amide bonds. The Hall–Kier alpha value is -1.70. The largest absolute Gasteiger partial charge is 0.0715 e. The fraction of sp³-hybridized carbons (Fsp3) is 0.0833. The Kier molecular flexibility index (Phi) is 4.30. The number of hydrogen-bond acceptors (Lipinski definition) is 0. The zero-order valence-electron chi connectivity index (χ0n) is 14.3. The molecule has 0 saturated heterocycles. The molecule has 0 fully saturated rings. The van der Waals surface area contributed by atoms with Crippen molar-refractivity contribution in [2.45, 2.75) is 12.1 Å². The number of hydrogen-bond donors (Lipinski definition) is 0. The van der Waals surface area contributed by atoms with Gasteiger partial charge < -0.3 is 0 Å². The lowest BCUT2D eigenvalue weighted by molar-refractivity contribution is 1.25. The van der Waals surface area contributed by atoms with Crippen LogP contribution < -0.4 is 10.6 Å². The maximum Gasteiger partial charge on any atom is 0.0311 e. The summed E-state index contributed by atoms with van der Waals surface area (Å²) in [5.41, 5.74) is 6.23. The maximum absolute atomic E-state index is 2.49. The molecule has 2 aliphatic rings. The van der Waals surface area contributed by atoms with E-state index in [0.717, 1.165) is 6.42 Å². The number of rotatable bonds is 3. The highest BCUT2D eigenvalue weighted by atomic mass is 127. The number of halogens is 1. The second-order valence-corrected chi connectivity index (χ2v) is 10.4. The van der Waals surface area contributed by atoms with Gasteiger partial charge in [-0.2, -0.15) is 0 Å². The van der Waals surface area contributed by atoms with Crippen molar-refractivity contribution < 1.29 is 0 Å². The van der Waals surface area contributed by atoms with E-state index in [1.54, 1.807) is 0 Å². The zero-order valence-corrected chi connectivity index (χ0v) is 17.3. The third-order valence-electron chi connectivity index (χ3n) is 5.18. The van der Waals surface area contributed by atoms with Crippen molar-refractivity contribution in [2.75, 3.05) is 0 Å². The van der Waals surface area contributed by atoms with Crippen LogP contribution in [0, 0.1) is 0 Å². The van der Waals surface area contributed by atoms with Crippen LogP contribution in [0.2, 0.25) is 0 Å². The van der Waals surface area contributed by atoms with Gasteiger partial charge in [-0.1, -0.05) is 84.9 Å². The van der Waals surface area contributed by atoms with Crippen molar-refractivity contribution in [3.63, 3.8) is 0 Å². The summed E-state index contributed by atoms with van der Waals surface area (Å²) in [4.78, 5) is 0. The molecule has 2 heteroatoms. The van der Waals surface area contributed by atoms with Gasteiger partial charge in [0, 0.05) is 12.1 Å². The molecule has 5 rings (SSSR count). The number of fused-ring (bicyclic) bond motifs is 2. The van der Waals surface area contributed by atoms with Gasteiger partial charge in [0.2, 0.25) is 0 Å². The molecule has 2 atom stereocenters. The Morgan fingerprint density at radius 1 is 0.846 bits per heavy atom. The summed E-state index contributed by atoms with van der Waals surface area (Å²) in [6.45, 7) is 0. The van der Waals surface area contributed by atoms with Gasteiger partial charge in [0.15, 0.2) is 0 Å². The van der Waals surface area contributed by atoms with Crippen LogP contribution in [0.15, 0.2) is 82.5 Å². The average molecular weight is 464 g/mol. The summed E-state index contributed by atoms with van der Waals surface area (Å²) in [5.74, 6) is 0. The summed E-state index contributed by atoms with van der Waals surface area (Å²) >= 11 is 2.49. The van der Waals surface area contributed by atoms with Crippen LogP contribution in [0.4, 0.5) is 0 Å². The Labute approximate surface area is 169 Å². The first kappa shape index (κ1) is 16.5. The smallest absolute Gasteiger partial charge is 0.0311 e. The summed E-state index contributed by atoms with van der Waals surface area (Å²) in [5, 5.41) is 2.97. The Morgan fingerprint density at radius 2 is 1.65 bits per heavy atom. The minimum atomic E-state index is -0.495. The van der Waals surface area contributed by atoms with Gasteiger partial charge >= 0.3 is 0 Å². The van der Waals surface area contributed by atoms with E-state index < -0.39 is 7.92 Å². The van der Waals surface area contributed by atoms with Gasteiger partial charge in [-0.15, -0.1) is 0 Å². The second-order valence-electron chi connectivity index (χ2n) is 6.76. The standard InChI is InChI=1S/C24H18IP/c25-19-15-18-8-6-12-23(22(18)16-19)26(20-9-2-1-3-10-20)24-14-13-17-7-4-5-11-21(17)24/h1-14,16,24H,15H2. The predicted octanol–water partition coefficient (Wildman–Crippen LogP) is 6.22. The molecule has 26 heavy (non-hydrogen) atoms. The van der Waals surface area contributed by atoms with Crippen molar-refractivity contribution in [1.82, 2.24) is 0 Å². The van der Waals surface area contributed by atoms with Crippen LogP contribution in [-0.2, 0) is 6.42 Å². The lowest BCUT2D eigenvalue weighted by atomic mass is 10.1. The first-order valence-electron chi connectivity index (χ1n) is 8.90. The maximum atomic E-state index is 2.49. The van der Waals surface area contributed by atoms with Crippen LogP contribution in [-0.4, -0.2) is 0 Å². The highest BCUT2D eigenvalue weighted by Crippen LogP contribution is 2.55. The summed E-state index contributed by atoms with van der Waals surface area (Å²) in [7, 11) is -0.495. The van der Waals surface area contributed by atoms with Crippen molar-refractivity contribution in [2.24, 2.45) is 0 Å². The summed E-state index contributed by atoms with van der Waals surface area (Å²) < 4.78 is 1.44. The summed E-state index contributed by atoms with van der Waals surface area (Å²) in [6.07, 6.45) is 8.21. The molecule has 0 radical (unpaired) electrons. The highest BCUT2D eigenvalue weighted by Gasteiger charge is 2.30. The number of allylic oxidation sites excluding steroid dienone is 2. The molecule has 2 aliphatic carbocycles. The lowest BCUT2D eigenvalue weighted by Gasteiger charge is -2.27. The van der Waals surface area contributed by atoms with Crippen molar-refractivity contribution in [1.29, 1.82) is 0 Å². The van der Waals surface area contributed by atoms with Crippen LogP contribution in [0.1, 0.15) is 27.9 Å². The number of benzene rings is 3. The Balaban J connectivity index is 1.71. The van der Waals surface area contributed by atoms with E-state index in [9.17, 15) is 0 Å². The van der Waals surface area contributed by atoms with Gasteiger partial charge in [0.25, 0.3) is 0 Å². The SMILES string of the molecule is IC1=Cc2c(cccc2P(c2ccccc2)C2C=Cc3ccccc32)C1. The minimum absolute atomic E-state index is 0.446. The first-order chi connectivity index (χ1) is 12.8. The van der Waals surface area contributed by atoms with Crippen LogP contribution in [0.3, 0.4) is 0 Å². The molecule has 0 N–H and O–H groups in total. The van der Waals surface area contributed by atoms with Crippen molar-refractivity contribution in [3.8, 4) is 0 Å². The van der Waals surface area contributed by atoms with Crippen molar-refractivity contribution >= 4 is 53.3 Å². The molecule has 0 saturated carbocycles. The van der Waals surface area contributed by atoms with Crippen LogP contribution in [0.5, 0.6) is 0 Å². The van der Waals surface area contributed by atoms with Crippen LogP contribution in [0.25, 0.3) is 12.2 Å². The zero-order chi connectivity index (χ0) is 17.5. The molecule has 126 valence electrons. The second kappa shape index (κ2) is 6.79. The Bertz CT molecular complexity index is 1030. The third-order valence-corrected chi connectivity index (χ3v) is 8.64. The molecular formula is C24H18IP. The quantitative estimate of drug-likeness (QED) is 0.319. The lowest BCUT2D eigenvalue weighted by Crippen LogP contribution is -2.18. The van der Waals surface area contributed by atoms with E-state index in [-0.39, 0.29) is 0 Å². The molecule has 3 aromatic carbocycles. The average Bonchev–Trinajstić information content (AvgIpc) is 3.26. The molecule has 0 aliphatic heterocycles. The highest BCUT2D eigenvalue weighted by molar-refractivity contribution is 14.1. The van der Waals surface area contributed by atoms with E-state index in [2.05, 4.69) is 114 Å². The van der Waals surface area contributed by atoms with Gasteiger partial charge in [-0.25, -0.2) is 0 Å². The fourth-order valence-electron chi connectivity index (χ4n) is 4.01. The third kappa shape index (κ3) is 2.78. The van der Waals surface area contributed by atoms with Gasteiger partial charge in [-0.05, 0) is 73.0 Å². The van der Waals surface area contributed by atoms with E-state index in [4.69, 9.17) is 0 Å². The van der Waals surface area contributed by atoms with Gasteiger partial charge in [0.05, 0.1) is 0 Å². The van der Waals surface area contributed by atoms with E-state index >= 15 is 0 Å². The van der Waals surface area contributed by atoms with Gasteiger partial charge in [-0.3, -0.25) is 0 Å². The minimum Gasteiger partial charge on any atom is -0.0715 e. The molecule has 0 heterocycles. The molecule has 0 aromatic heterocycles. The molecule has 3 aromatic rings. The first-order valence-corrected chi connectivity index (χ1v) is 11.4. The molecule has 2 unspecified atom stereocenters. The molecular weight excluding hydrogens is 446 g/mol. The Morgan fingerprint density at radius 3 is 2.54 bits per heavy atom. The predicted molar refractivity (Wildman–Crippen MR) is 123 cm³/mol. The van der Waals surface area contributed by atoms with E-state index in [1.165, 1.54) is 36.4 Å². The van der Waals surface area contributed by atoms with Gasteiger partial charge in [0.1, 0.15) is 0 Å². The molecule has 0 spiro atoms. The van der Waals surface area contributed by atoms with Crippen LogP contribution >= 0.6 is 30.5 Å². The molecule has 0 bridgehead atoms. The van der Waals surface area contributed by atoms with E-state index in [1.807, 2.05) is 0 Å². The normalized spacial score (nSPS) is 18.3.